The summed E-state index contributed by atoms with van der Waals surface area (Å²) in [4.78, 5) is 8.48. The zero-order valence-corrected chi connectivity index (χ0v) is 19.5. The minimum absolute atomic E-state index is 0.0312. The molecule has 0 aromatic heterocycles. The number of halogens is 1. The van der Waals surface area contributed by atoms with Crippen LogP contribution in [0, 0.1) is 11.7 Å². The molecule has 2 aromatic rings. The van der Waals surface area contributed by atoms with Gasteiger partial charge >= 0.3 is 0 Å². The number of amidine groups is 2. The Balaban J connectivity index is 1.76. The number of sulfonamides is 1. The SMILES string of the molecule is NC(CNCC1CCCCCC1)=NC(Cc1ccccc1)=Nc1ccc(S(N)(=O)=O)cc1F. The van der Waals surface area contributed by atoms with Crippen LogP contribution < -0.4 is 16.2 Å². The zero-order valence-electron chi connectivity index (χ0n) is 18.7. The average Bonchev–Trinajstić information content (AvgIpc) is 3.04. The van der Waals surface area contributed by atoms with E-state index in [1.807, 2.05) is 30.3 Å². The highest BCUT2D eigenvalue weighted by Gasteiger charge is 2.14. The molecule has 0 amide bonds. The van der Waals surface area contributed by atoms with Crippen molar-refractivity contribution in [2.75, 3.05) is 13.1 Å². The molecule has 7 nitrogen and oxygen atoms in total. The van der Waals surface area contributed by atoms with Crippen LogP contribution >= 0.6 is 0 Å². The van der Waals surface area contributed by atoms with Crippen LogP contribution in [-0.4, -0.2) is 33.2 Å². The quantitative estimate of drug-likeness (QED) is 0.307. The highest BCUT2D eigenvalue weighted by Crippen LogP contribution is 2.23. The van der Waals surface area contributed by atoms with Crippen molar-refractivity contribution < 1.29 is 12.8 Å². The van der Waals surface area contributed by atoms with Crippen molar-refractivity contribution >= 4 is 27.4 Å². The van der Waals surface area contributed by atoms with E-state index >= 15 is 0 Å². The van der Waals surface area contributed by atoms with Crippen molar-refractivity contribution in [2.24, 2.45) is 26.8 Å². The Labute approximate surface area is 195 Å². The molecular formula is C24H32FN5O2S. The summed E-state index contributed by atoms with van der Waals surface area (Å²) in [5, 5.41) is 8.46. The van der Waals surface area contributed by atoms with Gasteiger partial charge in [-0.15, -0.1) is 0 Å². The second-order valence-corrected chi connectivity index (χ2v) is 10.0. The Kier molecular flexibility index (Phi) is 9.11. The van der Waals surface area contributed by atoms with Gasteiger partial charge in [-0.25, -0.2) is 27.9 Å². The van der Waals surface area contributed by atoms with E-state index in [0.29, 0.717) is 30.6 Å². The summed E-state index contributed by atoms with van der Waals surface area (Å²) >= 11 is 0. The molecule has 0 saturated heterocycles. The van der Waals surface area contributed by atoms with Gasteiger partial charge in [-0.05, 0) is 49.1 Å². The number of hydrogen-bond acceptors (Lipinski definition) is 4. The lowest BCUT2D eigenvalue weighted by atomic mass is 10.0. The van der Waals surface area contributed by atoms with E-state index < -0.39 is 15.8 Å². The molecule has 0 bridgehead atoms. The van der Waals surface area contributed by atoms with Crippen LogP contribution in [0.1, 0.15) is 44.1 Å². The lowest BCUT2D eigenvalue weighted by Gasteiger charge is -2.14. The van der Waals surface area contributed by atoms with Gasteiger partial charge in [0.1, 0.15) is 23.2 Å². The predicted molar refractivity (Wildman–Crippen MR) is 131 cm³/mol. The molecule has 0 atom stereocenters. The molecule has 1 aliphatic carbocycles. The fraction of sp³-hybridized carbons (Fsp3) is 0.417. The zero-order chi connectivity index (χ0) is 23.7. The molecule has 9 heteroatoms. The van der Waals surface area contributed by atoms with Gasteiger partial charge in [-0.1, -0.05) is 56.0 Å². The maximum Gasteiger partial charge on any atom is 0.238 e. The van der Waals surface area contributed by atoms with Gasteiger partial charge in [0.05, 0.1) is 11.4 Å². The maximum absolute atomic E-state index is 14.5. The molecule has 0 unspecified atom stereocenters. The first-order valence-electron chi connectivity index (χ1n) is 11.3. The molecule has 3 rings (SSSR count). The van der Waals surface area contributed by atoms with E-state index in [1.54, 1.807) is 0 Å². The number of benzene rings is 2. The van der Waals surface area contributed by atoms with Crippen LogP contribution in [0.2, 0.25) is 0 Å². The molecule has 178 valence electrons. The molecule has 0 aliphatic heterocycles. The fourth-order valence-corrected chi connectivity index (χ4v) is 4.48. The van der Waals surface area contributed by atoms with Gasteiger partial charge in [0.2, 0.25) is 10.0 Å². The molecule has 1 aliphatic rings. The third-order valence-electron chi connectivity index (χ3n) is 5.69. The lowest BCUT2D eigenvalue weighted by molar-refractivity contribution is 0.436. The number of rotatable bonds is 8. The topological polar surface area (TPSA) is 123 Å². The number of nitrogens with two attached hydrogens (primary N) is 2. The van der Waals surface area contributed by atoms with Crippen LogP contribution in [-0.2, 0) is 16.4 Å². The normalized spacial score (nSPS) is 16.5. The fourth-order valence-electron chi connectivity index (χ4n) is 3.95. The van der Waals surface area contributed by atoms with Crippen molar-refractivity contribution in [1.29, 1.82) is 0 Å². The summed E-state index contributed by atoms with van der Waals surface area (Å²) < 4.78 is 37.5. The van der Waals surface area contributed by atoms with E-state index in [4.69, 9.17) is 10.9 Å². The monoisotopic (exact) mass is 473 g/mol. The van der Waals surface area contributed by atoms with E-state index in [9.17, 15) is 12.8 Å². The number of hydrogen-bond donors (Lipinski definition) is 3. The first-order valence-corrected chi connectivity index (χ1v) is 12.8. The first-order chi connectivity index (χ1) is 15.8. The molecule has 33 heavy (non-hydrogen) atoms. The average molecular weight is 474 g/mol. The Morgan fingerprint density at radius 2 is 1.76 bits per heavy atom. The third-order valence-corrected chi connectivity index (χ3v) is 6.60. The smallest absolute Gasteiger partial charge is 0.238 e. The summed E-state index contributed by atoms with van der Waals surface area (Å²) in [5.41, 5.74) is 7.08. The number of nitrogens with one attached hydrogen (secondary N) is 1. The largest absolute Gasteiger partial charge is 0.386 e. The number of aliphatic imine (C=N–C) groups is 2. The van der Waals surface area contributed by atoms with Crippen molar-refractivity contribution in [1.82, 2.24) is 5.32 Å². The van der Waals surface area contributed by atoms with Crippen molar-refractivity contribution in [2.45, 2.75) is 49.8 Å². The molecule has 1 saturated carbocycles. The van der Waals surface area contributed by atoms with Gasteiger partial charge < -0.3 is 11.1 Å². The van der Waals surface area contributed by atoms with E-state index in [2.05, 4.69) is 15.3 Å². The molecule has 1 fully saturated rings. The van der Waals surface area contributed by atoms with Gasteiger partial charge in [0.15, 0.2) is 0 Å². The van der Waals surface area contributed by atoms with Crippen LogP contribution in [0.25, 0.3) is 0 Å². The summed E-state index contributed by atoms with van der Waals surface area (Å²) in [5.74, 6) is 0.550. The summed E-state index contributed by atoms with van der Waals surface area (Å²) in [6.07, 6.45) is 8.00. The lowest BCUT2D eigenvalue weighted by Crippen LogP contribution is -2.33. The van der Waals surface area contributed by atoms with Crippen LogP contribution in [0.15, 0.2) is 63.4 Å². The van der Waals surface area contributed by atoms with Crippen LogP contribution in [0.4, 0.5) is 10.1 Å². The van der Waals surface area contributed by atoms with Gasteiger partial charge in [-0.2, -0.15) is 0 Å². The van der Waals surface area contributed by atoms with Crippen molar-refractivity contribution in [3.05, 3.63) is 59.9 Å². The highest BCUT2D eigenvalue weighted by atomic mass is 32.2. The standard InChI is InChI=1S/C24H32FN5O2S/c25-21-15-20(33(27,31)32)12-13-22(21)29-24(14-18-8-6-3-7-9-18)30-23(26)17-28-16-19-10-4-1-2-5-11-19/h3,6-9,12-13,15,19,28H,1-2,4-5,10-11,14,16-17H2,(H2,26,29,30)(H2,27,31,32). The molecule has 0 heterocycles. The molecule has 0 radical (unpaired) electrons. The number of primary sulfonamides is 1. The Hall–Kier alpha value is -2.62. The van der Waals surface area contributed by atoms with Gasteiger partial charge in [0, 0.05) is 6.42 Å². The minimum Gasteiger partial charge on any atom is -0.386 e. The highest BCUT2D eigenvalue weighted by molar-refractivity contribution is 7.89. The first kappa shape index (κ1) is 25.0. The summed E-state index contributed by atoms with van der Waals surface area (Å²) in [6.45, 7) is 1.31. The van der Waals surface area contributed by atoms with E-state index in [-0.39, 0.29) is 10.6 Å². The van der Waals surface area contributed by atoms with E-state index in [0.717, 1.165) is 18.2 Å². The summed E-state index contributed by atoms with van der Waals surface area (Å²) in [7, 11) is -4.00. The summed E-state index contributed by atoms with van der Waals surface area (Å²) in [6, 6.07) is 12.9. The second kappa shape index (κ2) is 12.0. The van der Waals surface area contributed by atoms with E-state index in [1.165, 1.54) is 50.7 Å². The van der Waals surface area contributed by atoms with Crippen LogP contribution in [0.3, 0.4) is 0 Å². The Bertz CT molecular complexity index is 1080. The predicted octanol–water partition coefficient (Wildman–Crippen LogP) is 3.66. The molecular weight excluding hydrogens is 441 g/mol. The van der Waals surface area contributed by atoms with Crippen molar-refractivity contribution in [3.63, 3.8) is 0 Å². The Morgan fingerprint density at radius 3 is 2.39 bits per heavy atom. The van der Waals surface area contributed by atoms with Crippen LogP contribution in [0.5, 0.6) is 0 Å². The third kappa shape index (κ3) is 8.34. The molecule has 5 N–H and O–H groups in total. The molecule has 2 aromatic carbocycles. The minimum atomic E-state index is -4.00. The second-order valence-electron chi connectivity index (χ2n) is 8.44. The maximum atomic E-state index is 14.5. The number of nitrogens with zero attached hydrogens (tertiary/aromatic N) is 2. The van der Waals surface area contributed by atoms with Gasteiger partial charge in [0.25, 0.3) is 0 Å². The van der Waals surface area contributed by atoms with Gasteiger partial charge in [-0.3, -0.25) is 0 Å². The Morgan fingerprint density at radius 1 is 1.06 bits per heavy atom. The molecule has 0 spiro atoms. The van der Waals surface area contributed by atoms with Crippen molar-refractivity contribution in [3.8, 4) is 0 Å².